The van der Waals surface area contributed by atoms with Gasteiger partial charge in [0.25, 0.3) is 0 Å². The summed E-state index contributed by atoms with van der Waals surface area (Å²) < 4.78 is 5.50. The Morgan fingerprint density at radius 1 is 1.24 bits per heavy atom. The molecule has 1 aromatic carbocycles. The number of rotatable bonds is 6. The first-order valence-corrected chi connectivity index (χ1v) is 7.58. The molecule has 0 amide bonds. The Labute approximate surface area is 135 Å². The third-order valence-electron chi connectivity index (χ3n) is 3.24. The molecule has 1 unspecified atom stereocenters. The van der Waals surface area contributed by atoms with Crippen LogP contribution in [0.2, 0.25) is 10.0 Å². The minimum atomic E-state index is 0.108. The summed E-state index contributed by atoms with van der Waals surface area (Å²) in [7, 11) is 1.92. The average Bonchev–Trinajstić information content (AvgIpc) is 2.47. The van der Waals surface area contributed by atoms with Crippen LogP contribution in [0.3, 0.4) is 0 Å². The van der Waals surface area contributed by atoms with Crippen molar-refractivity contribution in [3.8, 4) is 5.75 Å². The second-order valence-electron chi connectivity index (χ2n) is 4.67. The number of halogens is 2. The zero-order chi connectivity index (χ0) is 15.2. The van der Waals surface area contributed by atoms with Gasteiger partial charge in [-0.3, -0.25) is 4.98 Å². The predicted molar refractivity (Wildman–Crippen MR) is 87.4 cm³/mol. The van der Waals surface area contributed by atoms with Crippen LogP contribution in [0.1, 0.15) is 24.1 Å². The second-order valence-corrected chi connectivity index (χ2v) is 5.51. The van der Waals surface area contributed by atoms with E-state index in [1.54, 1.807) is 12.3 Å². The van der Waals surface area contributed by atoms with E-state index in [9.17, 15) is 0 Å². The SMILES string of the molecule is CCOc1cncc(C(Cc2ccc(Cl)cc2Cl)NC)c1. The molecular formula is C16H18Cl2N2O. The van der Waals surface area contributed by atoms with Crippen molar-refractivity contribution in [1.29, 1.82) is 0 Å². The molecule has 0 aliphatic rings. The van der Waals surface area contributed by atoms with E-state index in [1.807, 2.05) is 38.4 Å². The molecule has 0 saturated heterocycles. The van der Waals surface area contributed by atoms with E-state index in [1.165, 1.54) is 0 Å². The van der Waals surface area contributed by atoms with E-state index >= 15 is 0 Å². The van der Waals surface area contributed by atoms with Crippen LogP contribution in [0.4, 0.5) is 0 Å². The van der Waals surface area contributed by atoms with Crippen molar-refractivity contribution < 1.29 is 4.74 Å². The van der Waals surface area contributed by atoms with Crippen molar-refractivity contribution in [2.45, 2.75) is 19.4 Å². The van der Waals surface area contributed by atoms with Gasteiger partial charge in [-0.25, -0.2) is 0 Å². The van der Waals surface area contributed by atoms with Gasteiger partial charge in [-0.05, 0) is 49.7 Å². The normalized spacial score (nSPS) is 12.2. The van der Waals surface area contributed by atoms with Gasteiger partial charge in [0, 0.05) is 22.3 Å². The molecule has 0 fully saturated rings. The Balaban J connectivity index is 2.21. The first kappa shape index (κ1) is 16.1. The fourth-order valence-corrected chi connectivity index (χ4v) is 2.65. The van der Waals surface area contributed by atoms with Crippen molar-refractivity contribution in [3.63, 3.8) is 0 Å². The molecule has 0 saturated carbocycles. The maximum absolute atomic E-state index is 6.25. The summed E-state index contributed by atoms with van der Waals surface area (Å²) in [4.78, 5) is 4.23. The Bertz CT molecular complexity index is 605. The number of benzene rings is 1. The highest BCUT2D eigenvalue weighted by atomic mass is 35.5. The van der Waals surface area contributed by atoms with Gasteiger partial charge in [0.1, 0.15) is 5.75 Å². The molecule has 1 aromatic heterocycles. The first-order valence-electron chi connectivity index (χ1n) is 6.83. The first-order chi connectivity index (χ1) is 10.1. The molecule has 0 spiro atoms. The smallest absolute Gasteiger partial charge is 0.137 e. The lowest BCUT2D eigenvalue weighted by molar-refractivity contribution is 0.338. The number of hydrogen-bond acceptors (Lipinski definition) is 3. The van der Waals surface area contributed by atoms with Crippen LogP contribution in [0.15, 0.2) is 36.7 Å². The van der Waals surface area contributed by atoms with Gasteiger partial charge in [-0.1, -0.05) is 29.3 Å². The van der Waals surface area contributed by atoms with E-state index < -0.39 is 0 Å². The van der Waals surface area contributed by atoms with Crippen molar-refractivity contribution in [1.82, 2.24) is 10.3 Å². The summed E-state index contributed by atoms with van der Waals surface area (Å²) in [6, 6.07) is 7.68. The van der Waals surface area contributed by atoms with Gasteiger partial charge >= 0.3 is 0 Å². The fourth-order valence-electron chi connectivity index (χ4n) is 2.17. The van der Waals surface area contributed by atoms with Crippen LogP contribution >= 0.6 is 23.2 Å². The van der Waals surface area contributed by atoms with Crippen LogP contribution < -0.4 is 10.1 Å². The van der Waals surface area contributed by atoms with Crippen LogP contribution in [0, 0.1) is 0 Å². The quantitative estimate of drug-likeness (QED) is 0.860. The lowest BCUT2D eigenvalue weighted by atomic mass is 10.0. The van der Waals surface area contributed by atoms with Gasteiger partial charge < -0.3 is 10.1 Å². The topological polar surface area (TPSA) is 34.1 Å². The Kier molecular flexibility index (Phi) is 5.85. The van der Waals surface area contributed by atoms with Crippen molar-refractivity contribution >= 4 is 23.2 Å². The van der Waals surface area contributed by atoms with Crippen molar-refractivity contribution in [3.05, 3.63) is 57.8 Å². The highest BCUT2D eigenvalue weighted by Gasteiger charge is 2.13. The van der Waals surface area contributed by atoms with Crippen LogP contribution in [-0.2, 0) is 6.42 Å². The van der Waals surface area contributed by atoms with E-state index in [-0.39, 0.29) is 6.04 Å². The fraction of sp³-hybridized carbons (Fsp3) is 0.312. The van der Waals surface area contributed by atoms with Gasteiger partial charge in [0.15, 0.2) is 0 Å². The largest absolute Gasteiger partial charge is 0.492 e. The predicted octanol–water partition coefficient (Wildman–Crippen LogP) is 4.29. The maximum Gasteiger partial charge on any atom is 0.137 e. The van der Waals surface area contributed by atoms with Crippen molar-refractivity contribution in [2.75, 3.05) is 13.7 Å². The average molecular weight is 325 g/mol. The number of nitrogens with zero attached hydrogens (tertiary/aromatic N) is 1. The molecule has 1 heterocycles. The molecule has 2 rings (SSSR count). The molecule has 0 aliphatic carbocycles. The molecule has 0 radical (unpaired) electrons. The van der Waals surface area contributed by atoms with Gasteiger partial charge in [0.05, 0.1) is 12.8 Å². The Hall–Kier alpha value is -1.29. The Morgan fingerprint density at radius 2 is 2.05 bits per heavy atom. The number of likely N-dealkylation sites (N-methyl/N-ethyl adjacent to an activating group) is 1. The molecule has 3 nitrogen and oxygen atoms in total. The highest BCUT2D eigenvalue weighted by molar-refractivity contribution is 6.35. The Morgan fingerprint density at radius 3 is 2.71 bits per heavy atom. The molecule has 112 valence electrons. The zero-order valence-corrected chi connectivity index (χ0v) is 13.6. The zero-order valence-electron chi connectivity index (χ0n) is 12.1. The third-order valence-corrected chi connectivity index (χ3v) is 3.82. The monoisotopic (exact) mass is 324 g/mol. The summed E-state index contributed by atoms with van der Waals surface area (Å²) in [6.45, 7) is 2.58. The molecule has 1 N–H and O–H groups in total. The van der Waals surface area contributed by atoms with Gasteiger partial charge in [-0.15, -0.1) is 0 Å². The molecule has 5 heteroatoms. The summed E-state index contributed by atoms with van der Waals surface area (Å²) in [6.07, 6.45) is 4.31. The summed E-state index contributed by atoms with van der Waals surface area (Å²) >= 11 is 12.2. The molecule has 21 heavy (non-hydrogen) atoms. The standard InChI is InChI=1S/C16H18Cl2N2O/c1-3-21-14-6-12(9-20-10-14)16(19-2)7-11-4-5-13(17)8-15(11)18/h4-6,8-10,16,19H,3,7H2,1-2H3. The molecular weight excluding hydrogens is 307 g/mol. The van der Waals surface area contributed by atoms with Crippen LogP contribution in [0.25, 0.3) is 0 Å². The van der Waals surface area contributed by atoms with Crippen LogP contribution in [0.5, 0.6) is 5.75 Å². The minimum Gasteiger partial charge on any atom is -0.492 e. The van der Waals surface area contributed by atoms with E-state index in [4.69, 9.17) is 27.9 Å². The third kappa shape index (κ3) is 4.34. The second kappa shape index (κ2) is 7.64. The lowest BCUT2D eigenvalue weighted by Gasteiger charge is -2.18. The summed E-state index contributed by atoms with van der Waals surface area (Å²) in [5.41, 5.74) is 2.11. The summed E-state index contributed by atoms with van der Waals surface area (Å²) in [5, 5.41) is 4.61. The van der Waals surface area contributed by atoms with E-state index in [2.05, 4.69) is 10.3 Å². The number of nitrogens with one attached hydrogen (secondary N) is 1. The molecule has 0 aliphatic heterocycles. The number of pyridine rings is 1. The van der Waals surface area contributed by atoms with Gasteiger partial charge in [0.2, 0.25) is 0 Å². The minimum absolute atomic E-state index is 0.108. The van der Waals surface area contributed by atoms with Crippen LogP contribution in [-0.4, -0.2) is 18.6 Å². The number of aromatic nitrogens is 1. The van der Waals surface area contributed by atoms with Crippen molar-refractivity contribution in [2.24, 2.45) is 0 Å². The lowest BCUT2D eigenvalue weighted by Crippen LogP contribution is -2.19. The highest BCUT2D eigenvalue weighted by Crippen LogP contribution is 2.27. The number of hydrogen-bond donors (Lipinski definition) is 1. The molecule has 1 atom stereocenters. The number of ether oxygens (including phenoxy) is 1. The van der Waals surface area contributed by atoms with Gasteiger partial charge in [-0.2, -0.15) is 0 Å². The van der Waals surface area contributed by atoms with E-state index in [0.717, 1.165) is 23.3 Å². The molecule has 0 bridgehead atoms. The maximum atomic E-state index is 6.25. The summed E-state index contributed by atoms with van der Waals surface area (Å²) in [5.74, 6) is 0.775. The molecule has 2 aromatic rings. The van der Waals surface area contributed by atoms with E-state index in [0.29, 0.717) is 16.7 Å².